The van der Waals surface area contributed by atoms with Crippen LogP contribution in [-0.4, -0.2) is 44.8 Å². The summed E-state index contributed by atoms with van der Waals surface area (Å²) in [7, 11) is 0. The van der Waals surface area contributed by atoms with Gasteiger partial charge in [-0.15, -0.1) is 0 Å². The predicted octanol–water partition coefficient (Wildman–Crippen LogP) is 3.49. The third kappa shape index (κ3) is 7.54. The number of rotatable bonds is 11. The number of esters is 1. The zero-order chi connectivity index (χ0) is 21.1. The summed E-state index contributed by atoms with van der Waals surface area (Å²) in [4.78, 5) is 24.1. The fourth-order valence-electron chi connectivity index (χ4n) is 2.34. The van der Waals surface area contributed by atoms with Gasteiger partial charge in [0.25, 0.3) is 5.91 Å². The van der Waals surface area contributed by atoms with Crippen LogP contribution in [0.2, 0.25) is 5.02 Å². The molecule has 1 N–H and O–H groups in total. The second-order valence-corrected chi connectivity index (χ2v) is 6.17. The van der Waals surface area contributed by atoms with Crippen LogP contribution in [0.4, 0.5) is 0 Å². The molecule has 0 saturated heterocycles. The summed E-state index contributed by atoms with van der Waals surface area (Å²) >= 11 is 5.79. The van der Waals surface area contributed by atoms with Crippen molar-refractivity contribution < 1.29 is 28.5 Å². The Kier molecular flexibility index (Phi) is 9.11. The van der Waals surface area contributed by atoms with Crippen LogP contribution in [-0.2, 0) is 9.53 Å². The summed E-state index contributed by atoms with van der Waals surface area (Å²) in [6.45, 7) is 4.64. The number of amides is 1. The first-order chi connectivity index (χ1) is 14.0. The second-order valence-electron chi connectivity index (χ2n) is 5.73. The van der Waals surface area contributed by atoms with Crippen LogP contribution in [0.15, 0.2) is 42.5 Å². The quantitative estimate of drug-likeness (QED) is 0.441. The van der Waals surface area contributed by atoms with E-state index in [9.17, 15) is 9.59 Å². The number of carbonyl (C=O) groups is 2. The zero-order valence-electron chi connectivity index (χ0n) is 16.4. The lowest BCUT2D eigenvalue weighted by Gasteiger charge is -2.12. The maximum atomic E-state index is 12.3. The molecule has 0 unspecified atom stereocenters. The van der Waals surface area contributed by atoms with Crippen molar-refractivity contribution in [2.45, 2.75) is 13.8 Å². The molecule has 0 spiro atoms. The van der Waals surface area contributed by atoms with Gasteiger partial charge in [0.15, 0.2) is 11.5 Å². The molecule has 0 atom stereocenters. The van der Waals surface area contributed by atoms with Crippen LogP contribution >= 0.6 is 11.6 Å². The molecule has 2 aromatic carbocycles. The van der Waals surface area contributed by atoms with Gasteiger partial charge in [0.1, 0.15) is 25.5 Å². The smallest absolute Gasteiger partial charge is 0.325 e. The van der Waals surface area contributed by atoms with Crippen molar-refractivity contribution in [1.82, 2.24) is 5.32 Å². The molecule has 0 radical (unpaired) electrons. The average molecular weight is 422 g/mol. The Balaban J connectivity index is 1.75. The molecule has 0 aliphatic heterocycles. The van der Waals surface area contributed by atoms with Gasteiger partial charge in [-0.25, -0.2) is 0 Å². The molecule has 0 aliphatic rings. The number of benzene rings is 2. The Morgan fingerprint density at radius 3 is 2.28 bits per heavy atom. The van der Waals surface area contributed by atoms with Gasteiger partial charge in [0, 0.05) is 10.6 Å². The fourth-order valence-corrected chi connectivity index (χ4v) is 2.47. The minimum atomic E-state index is -0.561. The van der Waals surface area contributed by atoms with Gasteiger partial charge in [-0.3, -0.25) is 9.59 Å². The molecule has 0 bridgehead atoms. The molecule has 29 heavy (non-hydrogen) atoms. The molecule has 156 valence electrons. The van der Waals surface area contributed by atoms with Crippen LogP contribution in [0.5, 0.6) is 17.2 Å². The second kappa shape index (κ2) is 11.8. The van der Waals surface area contributed by atoms with Crippen molar-refractivity contribution in [3.05, 3.63) is 53.1 Å². The Bertz CT molecular complexity index is 809. The van der Waals surface area contributed by atoms with Crippen molar-refractivity contribution in [3.63, 3.8) is 0 Å². The van der Waals surface area contributed by atoms with Gasteiger partial charge in [0.05, 0.1) is 13.2 Å². The summed E-state index contributed by atoms with van der Waals surface area (Å²) in [5.74, 6) is 0.687. The summed E-state index contributed by atoms with van der Waals surface area (Å²) in [6.07, 6.45) is 0. The summed E-state index contributed by atoms with van der Waals surface area (Å²) in [5, 5.41) is 3.13. The largest absolute Gasteiger partial charge is 0.490 e. The molecule has 1 amide bonds. The lowest BCUT2D eigenvalue weighted by atomic mass is 10.2. The lowest BCUT2D eigenvalue weighted by Crippen LogP contribution is -2.31. The van der Waals surface area contributed by atoms with Gasteiger partial charge in [-0.05, 0) is 56.3 Å². The third-order valence-corrected chi connectivity index (χ3v) is 3.88. The third-order valence-electron chi connectivity index (χ3n) is 3.63. The van der Waals surface area contributed by atoms with Crippen molar-refractivity contribution in [2.24, 2.45) is 0 Å². The minimum Gasteiger partial charge on any atom is -0.490 e. The molecule has 2 rings (SSSR count). The van der Waals surface area contributed by atoms with E-state index in [1.165, 1.54) is 0 Å². The van der Waals surface area contributed by atoms with Crippen LogP contribution in [0.25, 0.3) is 0 Å². The van der Waals surface area contributed by atoms with E-state index < -0.39 is 11.9 Å². The predicted molar refractivity (Wildman–Crippen MR) is 109 cm³/mol. The van der Waals surface area contributed by atoms with Crippen molar-refractivity contribution in [2.75, 3.05) is 33.0 Å². The van der Waals surface area contributed by atoms with E-state index in [0.717, 1.165) is 0 Å². The molecular weight excluding hydrogens is 398 g/mol. The maximum absolute atomic E-state index is 12.3. The highest BCUT2D eigenvalue weighted by Crippen LogP contribution is 2.28. The molecule has 0 fully saturated rings. The highest BCUT2D eigenvalue weighted by Gasteiger charge is 2.13. The molecule has 0 aliphatic carbocycles. The Labute approximate surface area is 174 Å². The summed E-state index contributed by atoms with van der Waals surface area (Å²) in [5.41, 5.74) is 0.357. The van der Waals surface area contributed by atoms with E-state index in [0.29, 0.717) is 41.0 Å². The molecular formula is C21H24ClNO6. The number of halogens is 1. The SMILES string of the molecule is CCOc1ccc(C(=O)NCC(=O)OCCOc2ccc(Cl)cc2)cc1OCC. The van der Waals surface area contributed by atoms with E-state index in [-0.39, 0.29) is 19.8 Å². The average Bonchev–Trinajstić information content (AvgIpc) is 2.72. The van der Waals surface area contributed by atoms with Crippen LogP contribution in [0.3, 0.4) is 0 Å². The zero-order valence-corrected chi connectivity index (χ0v) is 17.2. The van der Waals surface area contributed by atoms with Gasteiger partial charge < -0.3 is 24.3 Å². The molecule has 0 saturated carbocycles. The Morgan fingerprint density at radius 2 is 1.59 bits per heavy atom. The Hall–Kier alpha value is -2.93. The molecule has 7 nitrogen and oxygen atoms in total. The van der Waals surface area contributed by atoms with Crippen LogP contribution in [0.1, 0.15) is 24.2 Å². The van der Waals surface area contributed by atoms with E-state index in [1.807, 2.05) is 13.8 Å². The van der Waals surface area contributed by atoms with Crippen molar-refractivity contribution in [1.29, 1.82) is 0 Å². The number of carbonyl (C=O) groups excluding carboxylic acids is 2. The first-order valence-electron chi connectivity index (χ1n) is 9.25. The van der Waals surface area contributed by atoms with Crippen LogP contribution in [0, 0.1) is 0 Å². The number of hydrogen-bond acceptors (Lipinski definition) is 6. The fraction of sp³-hybridized carbons (Fsp3) is 0.333. The Morgan fingerprint density at radius 1 is 0.897 bits per heavy atom. The monoisotopic (exact) mass is 421 g/mol. The number of ether oxygens (including phenoxy) is 4. The standard InChI is InChI=1S/C21H24ClNO6/c1-3-26-18-10-5-15(13-19(18)27-4-2)21(25)23-14-20(24)29-12-11-28-17-8-6-16(22)7-9-17/h5-10,13H,3-4,11-12,14H2,1-2H3,(H,23,25). The molecule has 8 heteroatoms. The number of hydrogen-bond donors (Lipinski definition) is 1. The first kappa shape index (κ1) is 22.4. The molecule has 0 aromatic heterocycles. The maximum Gasteiger partial charge on any atom is 0.325 e. The van der Waals surface area contributed by atoms with Gasteiger partial charge in [-0.1, -0.05) is 11.6 Å². The van der Waals surface area contributed by atoms with Crippen LogP contribution < -0.4 is 19.5 Å². The van der Waals surface area contributed by atoms with E-state index in [1.54, 1.807) is 42.5 Å². The minimum absolute atomic E-state index is 0.0644. The lowest BCUT2D eigenvalue weighted by molar-refractivity contribution is -0.143. The summed E-state index contributed by atoms with van der Waals surface area (Å²) in [6, 6.07) is 11.7. The van der Waals surface area contributed by atoms with Gasteiger partial charge >= 0.3 is 5.97 Å². The number of nitrogens with one attached hydrogen (secondary N) is 1. The van der Waals surface area contributed by atoms with Gasteiger partial charge in [0.2, 0.25) is 0 Å². The van der Waals surface area contributed by atoms with Crippen molar-refractivity contribution in [3.8, 4) is 17.2 Å². The first-order valence-corrected chi connectivity index (χ1v) is 9.63. The summed E-state index contributed by atoms with van der Waals surface area (Å²) < 4.78 is 21.4. The van der Waals surface area contributed by atoms with Gasteiger partial charge in [-0.2, -0.15) is 0 Å². The van der Waals surface area contributed by atoms with Crippen molar-refractivity contribution >= 4 is 23.5 Å². The van der Waals surface area contributed by atoms with E-state index >= 15 is 0 Å². The topological polar surface area (TPSA) is 83.1 Å². The molecule has 2 aromatic rings. The normalized spacial score (nSPS) is 10.2. The highest BCUT2D eigenvalue weighted by molar-refractivity contribution is 6.30. The van der Waals surface area contributed by atoms with E-state index in [2.05, 4.69) is 5.32 Å². The van der Waals surface area contributed by atoms with E-state index in [4.69, 9.17) is 30.5 Å². The highest BCUT2D eigenvalue weighted by atomic mass is 35.5. The molecule has 0 heterocycles.